The van der Waals surface area contributed by atoms with Crippen molar-refractivity contribution in [1.29, 1.82) is 0 Å². The summed E-state index contributed by atoms with van der Waals surface area (Å²) in [5.74, 6) is -2.24. The zero-order valence-electron chi connectivity index (χ0n) is 13.5. The molecular formula is C17H22F2N2O3. The van der Waals surface area contributed by atoms with E-state index in [0.29, 0.717) is 32.9 Å². The van der Waals surface area contributed by atoms with Crippen molar-refractivity contribution in [1.82, 2.24) is 9.80 Å². The first-order valence-corrected chi connectivity index (χ1v) is 8.29. The van der Waals surface area contributed by atoms with Crippen molar-refractivity contribution >= 4 is 5.91 Å². The number of hydrogen-bond donors (Lipinski definition) is 0. The maximum absolute atomic E-state index is 13.4. The van der Waals surface area contributed by atoms with Crippen molar-refractivity contribution in [2.45, 2.75) is 12.5 Å². The molecule has 0 spiro atoms. The Morgan fingerprint density at radius 3 is 2.67 bits per heavy atom. The number of morpholine rings is 1. The van der Waals surface area contributed by atoms with Crippen LogP contribution in [0.25, 0.3) is 0 Å². The molecule has 132 valence electrons. The molecule has 1 aromatic carbocycles. The van der Waals surface area contributed by atoms with E-state index in [4.69, 9.17) is 9.47 Å². The largest absolute Gasteiger partial charge is 0.379 e. The van der Waals surface area contributed by atoms with E-state index in [1.165, 1.54) is 6.07 Å². The smallest absolute Gasteiger partial charge is 0.254 e. The molecule has 0 saturated carbocycles. The van der Waals surface area contributed by atoms with E-state index in [1.54, 1.807) is 4.90 Å². The van der Waals surface area contributed by atoms with Gasteiger partial charge in [0.2, 0.25) is 0 Å². The van der Waals surface area contributed by atoms with Crippen LogP contribution in [0, 0.1) is 11.6 Å². The molecule has 2 aliphatic heterocycles. The second kappa shape index (κ2) is 8.00. The lowest BCUT2D eigenvalue weighted by Crippen LogP contribution is -2.45. The van der Waals surface area contributed by atoms with Crippen molar-refractivity contribution in [3.05, 3.63) is 35.4 Å². The third kappa shape index (κ3) is 4.28. The van der Waals surface area contributed by atoms with Gasteiger partial charge in [0.15, 0.2) is 11.6 Å². The molecule has 1 unspecified atom stereocenters. The van der Waals surface area contributed by atoms with Crippen LogP contribution in [0.15, 0.2) is 18.2 Å². The van der Waals surface area contributed by atoms with Gasteiger partial charge >= 0.3 is 0 Å². The summed E-state index contributed by atoms with van der Waals surface area (Å²) in [5, 5.41) is 0. The maximum Gasteiger partial charge on any atom is 0.254 e. The number of hydrogen-bond acceptors (Lipinski definition) is 4. The quantitative estimate of drug-likeness (QED) is 0.837. The van der Waals surface area contributed by atoms with Gasteiger partial charge in [-0.05, 0) is 24.6 Å². The Bertz CT molecular complexity index is 579. The molecule has 1 aromatic rings. The predicted molar refractivity (Wildman–Crippen MR) is 83.9 cm³/mol. The molecule has 2 heterocycles. The molecule has 0 N–H and O–H groups in total. The normalized spacial score (nSPS) is 23.1. The van der Waals surface area contributed by atoms with E-state index in [9.17, 15) is 13.6 Å². The highest BCUT2D eigenvalue weighted by Gasteiger charge is 2.26. The van der Waals surface area contributed by atoms with E-state index in [2.05, 4.69) is 4.90 Å². The number of carbonyl (C=O) groups excluding carboxylic acids is 1. The van der Waals surface area contributed by atoms with E-state index in [-0.39, 0.29) is 17.6 Å². The van der Waals surface area contributed by atoms with Gasteiger partial charge in [-0.2, -0.15) is 0 Å². The predicted octanol–water partition coefficient (Wildman–Crippen LogP) is 1.53. The van der Waals surface area contributed by atoms with E-state index >= 15 is 0 Å². The van der Waals surface area contributed by atoms with Gasteiger partial charge in [0.1, 0.15) is 0 Å². The number of carbonyl (C=O) groups is 1. The lowest BCUT2D eigenvalue weighted by molar-refractivity contribution is -0.0112. The van der Waals surface area contributed by atoms with Crippen LogP contribution in [0.2, 0.25) is 0 Å². The topological polar surface area (TPSA) is 42.0 Å². The first kappa shape index (κ1) is 17.3. The number of halogens is 2. The molecular weight excluding hydrogens is 318 g/mol. The molecule has 0 bridgehead atoms. The molecule has 2 saturated heterocycles. The zero-order chi connectivity index (χ0) is 16.9. The number of nitrogens with zero attached hydrogens (tertiary/aromatic N) is 2. The summed E-state index contributed by atoms with van der Waals surface area (Å²) in [6.07, 6.45) is 0.648. The summed E-state index contributed by atoms with van der Waals surface area (Å²) in [6.45, 7) is 5.48. The van der Waals surface area contributed by atoms with Gasteiger partial charge in [-0.3, -0.25) is 9.69 Å². The average Bonchev–Trinajstić information content (AvgIpc) is 2.83. The van der Waals surface area contributed by atoms with Crippen LogP contribution < -0.4 is 0 Å². The Kier molecular flexibility index (Phi) is 5.76. The van der Waals surface area contributed by atoms with Crippen molar-refractivity contribution < 1.29 is 23.0 Å². The van der Waals surface area contributed by atoms with Crippen LogP contribution in [0.5, 0.6) is 0 Å². The van der Waals surface area contributed by atoms with Crippen LogP contribution in [-0.4, -0.2) is 74.4 Å². The Morgan fingerprint density at radius 1 is 1.12 bits per heavy atom. The number of benzene rings is 1. The fraction of sp³-hybridized carbons (Fsp3) is 0.588. The Hall–Kier alpha value is -1.57. The molecule has 2 fully saturated rings. The molecule has 3 rings (SSSR count). The monoisotopic (exact) mass is 340 g/mol. The van der Waals surface area contributed by atoms with Gasteiger partial charge in [0, 0.05) is 44.9 Å². The zero-order valence-corrected chi connectivity index (χ0v) is 13.5. The average molecular weight is 340 g/mol. The van der Waals surface area contributed by atoms with Crippen molar-refractivity contribution in [3.8, 4) is 0 Å². The third-order valence-corrected chi connectivity index (χ3v) is 4.37. The lowest BCUT2D eigenvalue weighted by Gasteiger charge is -2.31. The van der Waals surface area contributed by atoms with Crippen LogP contribution >= 0.6 is 0 Å². The molecule has 1 amide bonds. The first-order chi connectivity index (χ1) is 11.6. The third-order valence-electron chi connectivity index (χ3n) is 4.37. The van der Waals surface area contributed by atoms with Crippen LogP contribution in [-0.2, 0) is 9.47 Å². The lowest BCUT2D eigenvalue weighted by atomic mass is 10.1. The second-order valence-electron chi connectivity index (χ2n) is 6.14. The first-order valence-electron chi connectivity index (χ1n) is 8.29. The van der Waals surface area contributed by atoms with Crippen LogP contribution in [0.4, 0.5) is 8.78 Å². The van der Waals surface area contributed by atoms with Crippen molar-refractivity contribution in [2.75, 3.05) is 52.5 Å². The maximum atomic E-state index is 13.4. The minimum atomic E-state index is -1.00. The van der Waals surface area contributed by atoms with Gasteiger partial charge in [0.05, 0.1) is 19.3 Å². The van der Waals surface area contributed by atoms with Crippen molar-refractivity contribution in [2.24, 2.45) is 0 Å². The van der Waals surface area contributed by atoms with Crippen LogP contribution in [0.1, 0.15) is 16.8 Å². The summed E-state index contributed by atoms with van der Waals surface area (Å²) in [5.41, 5.74) is 0.168. The summed E-state index contributed by atoms with van der Waals surface area (Å²) in [4.78, 5) is 16.5. The van der Waals surface area contributed by atoms with Gasteiger partial charge in [-0.15, -0.1) is 0 Å². The van der Waals surface area contributed by atoms with E-state index in [0.717, 1.165) is 38.2 Å². The Labute approximate surface area is 140 Å². The van der Waals surface area contributed by atoms with E-state index < -0.39 is 11.6 Å². The minimum absolute atomic E-state index is 0.0835. The molecule has 0 aliphatic carbocycles. The standard InChI is InChI=1S/C17H22F2N2O3/c18-15-3-2-13(10-16(15)19)17(22)21-4-1-7-24-14(12-21)11-20-5-8-23-9-6-20/h2-3,10,14H,1,4-9,11-12H2. The molecule has 5 nitrogen and oxygen atoms in total. The Balaban J connectivity index is 1.64. The highest BCUT2D eigenvalue weighted by Crippen LogP contribution is 2.15. The molecule has 2 aliphatic rings. The Morgan fingerprint density at radius 2 is 1.92 bits per heavy atom. The SMILES string of the molecule is O=C(c1ccc(F)c(F)c1)N1CCCOC(CN2CCOCC2)C1. The summed E-state index contributed by atoms with van der Waals surface area (Å²) in [6, 6.07) is 3.27. The number of ether oxygens (including phenoxy) is 2. The fourth-order valence-electron chi connectivity index (χ4n) is 3.07. The van der Waals surface area contributed by atoms with Crippen molar-refractivity contribution in [3.63, 3.8) is 0 Å². The fourth-order valence-corrected chi connectivity index (χ4v) is 3.07. The summed E-state index contributed by atoms with van der Waals surface area (Å²) < 4.78 is 37.6. The molecule has 24 heavy (non-hydrogen) atoms. The molecule has 0 aromatic heterocycles. The summed E-state index contributed by atoms with van der Waals surface area (Å²) >= 11 is 0. The molecule has 0 radical (unpaired) electrons. The molecule has 7 heteroatoms. The van der Waals surface area contributed by atoms with Gasteiger partial charge < -0.3 is 14.4 Å². The minimum Gasteiger partial charge on any atom is -0.379 e. The number of rotatable bonds is 3. The van der Waals surface area contributed by atoms with Gasteiger partial charge in [-0.25, -0.2) is 8.78 Å². The molecule has 1 atom stereocenters. The van der Waals surface area contributed by atoms with Crippen LogP contribution in [0.3, 0.4) is 0 Å². The number of amides is 1. The van der Waals surface area contributed by atoms with Gasteiger partial charge in [0.25, 0.3) is 5.91 Å². The second-order valence-corrected chi connectivity index (χ2v) is 6.14. The summed E-state index contributed by atoms with van der Waals surface area (Å²) in [7, 11) is 0. The van der Waals surface area contributed by atoms with Gasteiger partial charge in [-0.1, -0.05) is 0 Å². The highest BCUT2D eigenvalue weighted by molar-refractivity contribution is 5.94. The van der Waals surface area contributed by atoms with E-state index in [1.807, 2.05) is 0 Å². The highest BCUT2D eigenvalue weighted by atomic mass is 19.2.